The van der Waals surface area contributed by atoms with Gasteiger partial charge in [0, 0.05) is 0 Å². The number of aliphatic hydroxyl groups excluding tert-OH is 1. The molecule has 0 aliphatic carbocycles. The molecule has 0 radical (unpaired) electrons. The van der Waals surface area contributed by atoms with Gasteiger partial charge in [0.05, 0.1) is 32.3 Å². The molecule has 0 heterocycles. The number of rotatable bonds is 7. The zero-order valence-electron chi connectivity index (χ0n) is 10.8. The molecule has 1 N–H and O–H groups in total. The molecule has 1 unspecified atom stereocenters. The Hall–Kier alpha value is -1.73. The van der Waals surface area contributed by atoms with E-state index in [0.29, 0.717) is 24.5 Å². The standard InChI is InChI=1S/C14H19NO3/c1-3-6-18-13-5-4-11(8-14(13)17-2)7-12(9-15)10-16/h4-5,8,12,16H,3,6-7,10H2,1-2H3. The Morgan fingerprint density at radius 1 is 1.39 bits per heavy atom. The second kappa shape index (κ2) is 7.57. The van der Waals surface area contributed by atoms with Crippen LogP contribution in [0.15, 0.2) is 18.2 Å². The lowest BCUT2D eigenvalue weighted by molar-refractivity contribution is 0.255. The smallest absolute Gasteiger partial charge is 0.161 e. The summed E-state index contributed by atoms with van der Waals surface area (Å²) < 4.78 is 10.8. The van der Waals surface area contributed by atoms with Crippen LogP contribution in [0.5, 0.6) is 11.5 Å². The summed E-state index contributed by atoms with van der Waals surface area (Å²) in [5.74, 6) is 0.994. The molecule has 98 valence electrons. The van der Waals surface area contributed by atoms with Crippen LogP contribution in [0.1, 0.15) is 18.9 Å². The van der Waals surface area contributed by atoms with Crippen LogP contribution in [0, 0.1) is 17.2 Å². The summed E-state index contributed by atoms with van der Waals surface area (Å²) in [6.45, 7) is 2.56. The van der Waals surface area contributed by atoms with Crippen molar-refractivity contribution in [2.24, 2.45) is 5.92 Å². The van der Waals surface area contributed by atoms with Gasteiger partial charge in [0.2, 0.25) is 0 Å². The molecular weight excluding hydrogens is 230 g/mol. The monoisotopic (exact) mass is 249 g/mol. The van der Waals surface area contributed by atoms with E-state index in [9.17, 15) is 0 Å². The Bertz CT molecular complexity index is 412. The fourth-order valence-electron chi connectivity index (χ4n) is 1.61. The number of nitrogens with zero attached hydrogens (tertiary/aromatic N) is 1. The van der Waals surface area contributed by atoms with Crippen molar-refractivity contribution in [2.75, 3.05) is 20.3 Å². The summed E-state index contributed by atoms with van der Waals surface area (Å²) >= 11 is 0. The van der Waals surface area contributed by atoms with Gasteiger partial charge >= 0.3 is 0 Å². The van der Waals surface area contributed by atoms with Crippen molar-refractivity contribution >= 4 is 0 Å². The lowest BCUT2D eigenvalue weighted by Crippen LogP contribution is -2.07. The number of hydrogen-bond donors (Lipinski definition) is 1. The molecule has 0 fully saturated rings. The van der Waals surface area contributed by atoms with Crippen molar-refractivity contribution in [2.45, 2.75) is 19.8 Å². The van der Waals surface area contributed by atoms with Gasteiger partial charge in [0.15, 0.2) is 11.5 Å². The zero-order chi connectivity index (χ0) is 13.4. The van der Waals surface area contributed by atoms with E-state index < -0.39 is 0 Å². The predicted octanol–water partition coefficient (Wildman–Crippen LogP) is 2.16. The largest absolute Gasteiger partial charge is 0.493 e. The normalized spacial score (nSPS) is 11.7. The van der Waals surface area contributed by atoms with Gasteiger partial charge in [-0.15, -0.1) is 0 Å². The van der Waals surface area contributed by atoms with E-state index in [1.54, 1.807) is 7.11 Å². The second-order valence-corrected chi connectivity index (χ2v) is 4.05. The minimum atomic E-state index is -0.378. The Balaban J connectivity index is 2.81. The first kappa shape index (κ1) is 14.3. The van der Waals surface area contributed by atoms with Crippen LogP contribution in [0.4, 0.5) is 0 Å². The van der Waals surface area contributed by atoms with E-state index in [0.717, 1.165) is 12.0 Å². The number of ether oxygens (including phenoxy) is 2. The molecule has 0 aromatic heterocycles. The molecule has 4 heteroatoms. The third kappa shape index (κ3) is 3.94. The fourth-order valence-corrected chi connectivity index (χ4v) is 1.61. The lowest BCUT2D eigenvalue weighted by atomic mass is 10.0. The average Bonchev–Trinajstić information content (AvgIpc) is 2.42. The first-order valence-electron chi connectivity index (χ1n) is 6.05. The molecule has 1 aromatic rings. The third-order valence-corrected chi connectivity index (χ3v) is 2.57. The van der Waals surface area contributed by atoms with Crippen molar-refractivity contribution in [3.8, 4) is 17.6 Å². The van der Waals surface area contributed by atoms with Crippen molar-refractivity contribution in [3.05, 3.63) is 23.8 Å². The summed E-state index contributed by atoms with van der Waals surface area (Å²) in [7, 11) is 1.59. The highest BCUT2D eigenvalue weighted by Gasteiger charge is 2.10. The van der Waals surface area contributed by atoms with E-state index in [-0.39, 0.29) is 12.5 Å². The third-order valence-electron chi connectivity index (χ3n) is 2.57. The molecule has 0 saturated heterocycles. The van der Waals surface area contributed by atoms with Crippen molar-refractivity contribution in [1.29, 1.82) is 5.26 Å². The zero-order valence-corrected chi connectivity index (χ0v) is 10.8. The predicted molar refractivity (Wildman–Crippen MR) is 68.7 cm³/mol. The molecule has 0 aliphatic rings. The van der Waals surface area contributed by atoms with E-state index in [1.165, 1.54) is 0 Å². The molecule has 18 heavy (non-hydrogen) atoms. The van der Waals surface area contributed by atoms with Crippen LogP contribution in [0.2, 0.25) is 0 Å². The van der Waals surface area contributed by atoms with Gasteiger partial charge in [-0.05, 0) is 30.5 Å². The van der Waals surface area contributed by atoms with E-state index >= 15 is 0 Å². The second-order valence-electron chi connectivity index (χ2n) is 4.05. The molecule has 0 aliphatic heterocycles. The number of benzene rings is 1. The summed E-state index contributed by atoms with van der Waals surface area (Å²) in [5, 5.41) is 17.8. The van der Waals surface area contributed by atoms with Crippen molar-refractivity contribution in [3.63, 3.8) is 0 Å². The van der Waals surface area contributed by atoms with Gasteiger partial charge < -0.3 is 14.6 Å². The van der Waals surface area contributed by atoms with Crippen LogP contribution in [-0.2, 0) is 6.42 Å². The number of methoxy groups -OCH3 is 1. The van der Waals surface area contributed by atoms with Crippen LogP contribution in [-0.4, -0.2) is 25.4 Å². The topological polar surface area (TPSA) is 62.5 Å². The van der Waals surface area contributed by atoms with Crippen LogP contribution in [0.25, 0.3) is 0 Å². The van der Waals surface area contributed by atoms with Gasteiger partial charge in [-0.2, -0.15) is 5.26 Å². The SMILES string of the molecule is CCCOc1ccc(CC(C#N)CO)cc1OC. The molecule has 1 atom stereocenters. The summed E-state index contributed by atoms with van der Waals surface area (Å²) in [6, 6.07) is 7.66. The fraction of sp³-hybridized carbons (Fsp3) is 0.500. The Morgan fingerprint density at radius 3 is 2.72 bits per heavy atom. The van der Waals surface area contributed by atoms with Gasteiger partial charge in [0.25, 0.3) is 0 Å². The summed E-state index contributed by atoms with van der Waals surface area (Å²) in [6.07, 6.45) is 1.45. The highest BCUT2D eigenvalue weighted by Crippen LogP contribution is 2.29. The van der Waals surface area contributed by atoms with Crippen LogP contribution in [0.3, 0.4) is 0 Å². The lowest BCUT2D eigenvalue weighted by Gasteiger charge is -2.12. The molecule has 1 rings (SSSR count). The molecule has 1 aromatic carbocycles. The van der Waals surface area contributed by atoms with E-state index in [1.807, 2.05) is 25.1 Å². The molecule has 0 saturated carbocycles. The molecule has 4 nitrogen and oxygen atoms in total. The van der Waals surface area contributed by atoms with E-state index in [4.69, 9.17) is 19.8 Å². The van der Waals surface area contributed by atoms with Gasteiger partial charge in [-0.25, -0.2) is 0 Å². The molecule has 0 amide bonds. The van der Waals surface area contributed by atoms with Crippen LogP contribution >= 0.6 is 0 Å². The number of aliphatic hydroxyl groups is 1. The quantitative estimate of drug-likeness (QED) is 0.804. The first-order valence-corrected chi connectivity index (χ1v) is 6.05. The first-order chi connectivity index (χ1) is 8.74. The minimum absolute atomic E-state index is 0.132. The maximum absolute atomic E-state index is 9.01. The van der Waals surface area contributed by atoms with E-state index in [2.05, 4.69) is 6.07 Å². The Labute approximate surface area is 108 Å². The number of nitriles is 1. The molecule has 0 spiro atoms. The summed E-state index contributed by atoms with van der Waals surface area (Å²) in [4.78, 5) is 0. The Kier molecular flexibility index (Phi) is 6.03. The van der Waals surface area contributed by atoms with Gasteiger partial charge in [0.1, 0.15) is 0 Å². The van der Waals surface area contributed by atoms with Gasteiger partial charge in [-0.3, -0.25) is 0 Å². The maximum Gasteiger partial charge on any atom is 0.161 e. The molecular formula is C14H19NO3. The van der Waals surface area contributed by atoms with Crippen LogP contribution < -0.4 is 9.47 Å². The van der Waals surface area contributed by atoms with Crippen molar-refractivity contribution < 1.29 is 14.6 Å². The van der Waals surface area contributed by atoms with Crippen molar-refractivity contribution in [1.82, 2.24) is 0 Å². The summed E-state index contributed by atoms with van der Waals surface area (Å²) in [5.41, 5.74) is 0.955. The Morgan fingerprint density at radius 2 is 2.17 bits per heavy atom. The highest BCUT2D eigenvalue weighted by molar-refractivity contribution is 5.43. The van der Waals surface area contributed by atoms with Gasteiger partial charge in [-0.1, -0.05) is 13.0 Å². The highest BCUT2D eigenvalue weighted by atomic mass is 16.5. The maximum atomic E-state index is 9.01. The minimum Gasteiger partial charge on any atom is -0.493 e. The molecule has 0 bridgehead atoms. The number of hydrogen-bond acceptors (Lipinski definition) is 4. The average molecular weight is 249 g/mol.